The van der Waals surface area contributed by atoms with Gasteiger partial charge in [-0.15, -0.1) is 0 Å². The van der Waals surface area contributed by atoms with Gasteiger partial charge in [-0.1, -0.05) is 38.0 Å². The number of carbonyl (C=O) groups is 1. The van der Waals surface area contributed by atoms with E-state index in [2.05, 4.69) is 12.2 Å². The van der Waals surface area contributed by atoms with Crippen LogP contribution in [0.3, 0.4) is 0 Å². The molecule has 1 unspecified atom stereocenters. The molecule has 0 saturated carbocycles. The number of hydrogen-bond acceptors (Lipinski definition) is 2. The van der Waals surface area contributed by atoms with Gasteiger partial charge in [0, 0.05) is 10.9 Å². The minimum absolute atomic E-state index is 0.0509. The second-order valence-electron chi connectivity index (χ2n) is 6.62. The molecule has 114 valence electrons. The molecule has 0 aliphatic carbocycles. The molecule has 0 aliphatic heterocycles. The molecule has 1 N–H and O–H groups in total. The number of fused-ring (bicyclic) bond motifs is 1. The maximum atomic E-state index is 12.6. The lowest BCUT2D eigenvalue weighted by Gasteiger charge is -2.24. The number of benzene rings is 1. The number of unbranched alkanes of at least 4 members (excludes halogenated alkanes) is 1. The van der Waals surface area contributed by atoms with Gasteiger partial charge in [-0.05, 0) is 39.3 Å². The second kappa shape index (κ2) is 6.33. The van der Waals surface area contributed by atoms with Crippen molar-refractivity contribution in [1.29, 1.82) is 0 Å². The molecule has 1 aromatic heterocycles. The maximum Gasteiger partial charge on any atom is 0.231 e. The van der Waals surface area contributed by atoms with Crippen molar-refractivity contribution in [3.63, 3.8) is 0 Å². The third kappa shape index (κ3) is 4.10. The van der Waals surface area contributed by atoms with Crippen LogP contribution in [0.1, 0.15) is 58.6 Å². The van der Waals surface area contributed by atoms with E-state index >= 15 is 0 Å². The molecule has 1 amide bonds. The fourth-order valence-corrected chi connectivity index (χ4v) is 2.44. The summed E-state index contributed by atoms with van der Waals surface area (Å²) in [7, 11) is 0. The SMILES string of the molecule is CCCCC(C(=O)NC(C)(C)C)c1cc2ccccc2o1. The molecule has 3 nitrogen and oxygen atoms in total. The molecular formula is C18H25NO2. The molecule has 3 heteroatoms. The average Bonchev–Trinajstić information content (AvgIpc) is 2.80. The van der Waals surface area contributed by atoms with Crippen LogP contribution in [0.4, 0.5) is 0 Å². The summed E-state index contributed by atoms with van der Waals surface area (Å²) in [6.07, 6.45) is 2.90. The maximum absolute atomic E-state index is 12.6. The first-order valence-corrected chi connectivity index (χ1v) is 7.71. The third-order valence-electron chi connectivity index (χ3n) is 3.45. The fourth-order valence-electron chi connectivity index (χ4n) is 2.44. The molecule has 0 radical (unpaired) electrons. The van der Waals surface area contributed by atoms with Gasteiger partial charge in [-0.25, -0.2) is 0 Å². The molecule has 1 heterocycles. The third-order valence-corrected chi connectivity index (χ3v) is 3.45. The van der Waals surface area contributed by atoms with E-state index in [4.69, 9.17) is 4.42 Å². The Morgan fingerprint density at radius 2 is 2.00 bits per heavy atom. The average molecular weight is 287 g/mol. The number of carbonyl (C=O) groups excluding carboxylic acids is 1. The predicted octanol–water partition coefficient (Wildman–Crippen LogP) is 4.62. The van der Waals surface area contributed by atoms with Gasteiger partial charge in [0.1, 0.15) is 11.3 Å². The van der Waals surface area contributed by atoms with E-state index in [-0.39, 0.29) is 17.4 Å². The van der Waals surface area contributed by atoms with Gasteiger partial charge in [0.25, 0.3) is 0 Å². The largest absolute Gasteiger partial charge is 0.460 e. The quantitative estimate of drug-likeness (QED) is 0.871. The summed E-state index contributed by atoms with van der Waals surface area (Å²) in [5.74, 6) is 0.609. The number of rotatable bonds is 5. The Kier molecular flexibility index (Phi) is 4.71. The Morgan fingerprint density at radius 1 is 1.29 bits per heavy atom. The first-order valence-electron chi connectivity index (χ1n) is 7.71. The van der Waals surface area contributed by atoms with Crippen LogP contribution in [0, 0.1) is 0 Å². The molecule has 2 rings (SSSR count). The lowest BCUT2D eigenvalue weighted by Crippen LogP contribution is -2.43. The number of amides is 1. The molecule has 0 spiro atoms. The highest BCUT2D eigenvalue weighted by Gasteiger charge is 2.26. The van der Waals surface area contributed by atoms with Crippen LogP contribution in [0.25, 0.3) is 11.0 Å². The minimum atomic E-state index is -0.229. The summed E-state index contributed by atoms with van der Waals surface area (Å²) >= 11 is 0. The van der Waals surface area contributed by atoms with Gasteiger partial charge in [0.15, 0.2) is 0 Å². The van der Waals surface area contributed by atoms with Crippen LogP contribution in [0.2, 0.25) is 0 Å². The van der Waals surface area contributed by atoms with E-state index in [9.17, 15) is 4.79 Å². The first kappa shape index (κ1) is 15.6. The van der Waals surface area contributed by atoms with Gasteiger partial charge < -0.3 is 9.73 Å². The number of para-hydroxylation sites is 1. The molecule has 0 bridgehead atoms. The molecule has 21 heavy (non-hydrogen) atoms. The highest BCUT2D eigenvalue weighted by atomic mass is 16.3. The van der Waals surface area contributed by atoms with E-state index < -0.39 is 0 Å². The topological polar surface area (TPSA) is 42.2 Å². The minimum Gasteiger partial charge on any atom is -0.460 e. The predicted molar refractivity (Wildman–Crippen MR) is 86.4 cm³/mol. The fraction of sp³-hybridized carbons (Fsp3) is 0.500. The zero-order valence-electron chi connectivity index (χ0n) is 13.4. The summed E-state index contributed by atoms with van der Waals surface area (Å²) in [5, 5.41) is 4.13. The van der Waals surface area contributed by atoms with E-state index in [1.165, 1.54) is 0 Å². The normalized spacial score (nSPS) is 13.3. The van der Waals surface area contributed by atoms with Gasteiger partial charge in [0.2, 0.25) is 5.91 Å². The zero-order valence-corrected chi connectivity index (χ0v) is 13.4. The smallest absolute Gasteiger partial charge is 0.231 e. The summed E-state index contributed by atoms with van der Waals surface area (Å²) < 4.78 is 5.90. The van der Waals surface area contributed by atoms with Gasteiger partial charge >= 0.3 is 0 Å². The van der Waals surface area contributed by atoms with E-state index in [1.54, 1.807) is 0 Å². The molecule has 0 fully saturated rings. The molecule has 1 aromatic carbocycles. The van der Waals surface area contributed by atoms with Gasteiger partial charge in [0.05, 0.1) is 5.92 Å². The highest BCUT2D eigenvalue weighted by Crippen LogP contribution is 2.29. The highest BCUT2D eigenvalue weighted by molar-refractivity contribution is 5.86. The van der Waals surface area contributed by atoms with Gasteiger partial charge in [-0.3, -0.25) is 4.79 Å². The van der Waals surface area contributed by atoms with Crippen LogP contribution in [-0.4, -0.2) is 11.4 Å². The lowest BCUT2D eigenvalue weighted by atomic mass is 9.96. The van der Waals surface area contributed by atoms with Crippen molar-refractivity contribution in [1.82, 2.24) is 5.32 Å². The molecule has 1 atom stereocenters. The van der Waals surface area contributed by atoms with Crippen LogP contribution >= 0.6 is 0 Å². The van der Waals surface area contributed by atoms with E-state index in [0.29, 0.717) is 0 Å². The Hall–Kier alpha value is -1.77. The van der Waals surface area contributed by atoms with Crippen molar-refractivity contribution < 1.29 is 9.21 Å². The number of furan rings is 1. The standard InChI is InChI=1S/C18H25NO2/c1-5-6-10-14(17(20)19-18(2,3)4)16-12-13-9-7-8-11-15(13)21-16/h7-9,11-12,14H,5-6,10H2,1-4H3,(H,19,20). The van der Waals surface area contributed by atoms with E-state index in [1.807, 2.05) is 51.1 Å². The molecule has 0 aliphatic rings. The summed E-state index contributed by atoms with van der Waals surface area (Å²) in [5.41, 5.74) is 0.616. The monoisotopic (exact) mass is 287 g/mol. The van der Waals surface area contributed by atoms with Crippen LogP contribution in [-0.2, 0) is 4.79 Å². The van der Waals surface area contributed by atoms with Crippen molar-refractivity contribution in [3.8, 4) is 0 Å². The van der Waals surface area contributed by atoms with Crippen molar-refractivity contribution >= 4 is 16.9 Å². The van der Waals surface area contributed by atoms with Crippen molar-refractivity contribution in [2.75, 3.05) is 0 Å². The Labute approximate surface area is 126 Å². The van der Waals surface area contributed by atoms with Crippen LogP contribution in [0.5, 0.6) is 0 Å². The Balaban J connectivity index is 2.28. The first-order chi connectivity index (χ1) is 9.90. The summed E-state index contributed by atoms with van der Waals surface area (Å²) in [6, 6.07) is 9.89. The van der Waals surface area contributed by atoms with Crippen molar-refractivity contribution in [3.05, 3.63) is 36.1 Å². The molecule has 0 saturated heterocycles. The van der Waals surface area contributed by atoms with Crippen LogP contribution < -0.4 is 5.32 Å². The summed E-state index contributed by atoms with van der Waals surface area (Å²) in [6.45, 7) is 8.14. The molecule has 2 aromatic rings. The number of hydrogen-bond donors (Lipinski definition) is 1. The Bertz CT molecular complexity index is 574. The molecular weight excluding hydrogens is 262 g/mol. The summed E-state index contributed by atoms with van der Waals surface area (Å²) in [4.78, 5) is 12.6. The lowest BCUT2D eigenvalue weighted by molar-refractivity contribution is -0.124. The van der Waals surface area contributed by atoms with Crippen LogP contribution in [0.15, 0.2) is 34.7 Å². The van der Waals surface area contributed by atoms with Crippen molar-refractivity contribution in [2.24, 2.45) is 0 Å². The zero-order chi connectivity index (χ0) is 15.5. The van der Waals surface area contributed by atoms with Crippen molar-refractivity contribution in [2.45, 2.75) is 58.4 Å². The van der Waals surface area contributed by atoms with Gasteiger partial charge in [-0.2, -0.15) is 0 Å². The second-order valence-corrected chi connectivity index (χ2v) is 6.62. The number of nitrogens with one attached hydrogen (secondary N) is 1. The van der Waals surface area contributed by atoms with E-state index in [0.717, 1.165) is 36.0 Å². The Morgan fingerprint density at radius 3 is 2.62 bits per heavy atom.